The lowest BCUT2D eigenvalue weighted by Gasteiger charge is -2.16. The molecule has 6 heteroatoms. The Balaban J connectivity index is 1.46. The summed E-state index contributed by atoms with van der Waals surface area (Å²) in [5.41, 5.74) is 4.68. The van der Waals surface area contributed by atoms with E-state index < -0.39 is 0 Å². The lowest BCUT2D eigenvalue weighted by molar-refractivity contribution is 0.0938. The number of carbonyl (C=O) groups is 2. The third-order valence-corrected chi connectivity index (χ3v) is 5.55. The van der Waals surface area contributed by atoms with E-state index in [1.54, 1.807) is 23.0 Å². The Kier molecular flexibility index (Phi) is 6.64. The van der Waals surface area contributed by atoms with Crippen molar-refractivity contribution in [2.75, 3.05) is 5.32 Å². The van der Waals surface area contributed by atoms with Crippen molar-refractivity contribution in [2.24, 2.45) is 7.05 Å². The lowest BCUT2D eigenvalue weighted by Crippen LogP contribution is -2.27. The predicted octanol–water partition coefficient (Wildman–Crippen LogP) is 4.75. The van der Waals surface area contributed by atoms with Crippen molar-refractivity contribution in [2.45, 2.75) is 19.4 Å². The second-order valence-electron chi connectivity index (χ2n) is 7.93. The number of benzene rings is 3. The van der Waals surface area contributed by atoms with Gasteiger partial charge in [0, 0.05) is 24.7 Å². The number of anilines is 1. The fourth-order valence-electron chi connectivity index (χ4n) is 3.69. The fourth-order valence-corrected chi connectivity index (χ4v) is 3.69. The third kappa shape index (κ3) is 5.36. The maximum absolute atomic E-state index is 13.1. The van der Waals surface area contributed by atoms with Crippen LogP contribution in [0.5, 0.6) is 0 Å². The SMILES string of the molecule is CC(NC(=O)c1cnn(C)c1Cc1ccccc1)c1cccc(NC(=O)c2ccccc2)c1. The number of hydrogen-bond donors (Lipinski definition) is 2. The highest BCUT2D eigenvalue weighted by molar-refractivity contribution is 6.04. The minimum Gasteiger partial charge on any atom is -0.345 e. The minimum absolute atomic E-state index is 0.176. The van der Waals surface area contributed by atoms with E-state index in [0.29, 0.717) is 23.2 Å². The maximum atomic E-state index is 13.1. The highest BCUT2D eigenvalue weighted by Gasteiger charge is 2.19. The van der Waals surface area contributed by atoms with E-state index in [1.165, 1.54) is 0 Å². The molecule has 1 heterocycles. The van der Waals surface area contributed by atoms with Gasteiger partial charge in [-0.05, 0) is 42.3 Å². The van der Waals surface area contributed by atoms with Gasteiger partial charge in [-0.1, -0.05) is 60.7 Å². The Hall–Kier alpha value is -4.19. The van der Waals surface area contributed by atoms with Crippen LogP contribution in [0.4, 0.5) is 5.69 Å². The molecule has 1 aromatic heterocycles. The third-order valence-electron chi connectivity index (χ3n) is 5.55. The summed E-state index contributed by atoms with van der Waals surface area (Å²) in [5, 5.41) is 10.3. The molecule has 1 unspecified atom stereocenters. The van der Waals surface area contributed by atoms with E-state index in [4.69, 9.17) is 0 Å². The molecule has 166 valence electrons. The van der Waals surface area contributed by atoms with Crippen LogP contribution < -0.4 is 10.6 Å². The maximum Gasteiger partial charge on any atom is 0.255 e. The molecule has 2 N–H and O–H groups in total. The Morgan fingerprint density at radius 2 is 1.61 bits per heavy atom. The standard InChI is InChI=1S/C27H26N4O2/c1-19(22-14-9-15-23(17-22)30-26(32)21-12-7-4-8-13-21)29-27(33)24-18-28-31(2)25(24)16-20-10-5-3-6-11-20/h3-15,17-19H,16H2,1-2H3,(H,29,33)(H,30,32). The van der Waals surface area contributed by atoms with Crippen molar-refractivity contribution in [1.29, 1.82) is 0 Å². The molecule has 6 nitrogen and oxygen atoms in total. The number of amides is 2. The first-order chi connectivity index (χ1) is 16.0. The van der Waals surface area contributed by atoms with Gasteiger partial charge in [-0.15, -0.1) is 0 Å². The first kappa shape index (κ1) is 22.0. The molecule has 0 saturated heterocycles. The van der Waals surface area contributed by atoms with Crippen LogP contribution in [0.1, 0.15) is 50.5 Å². The number of aromatic nitrogens is 2. The van der Waals surface area contributed by atoms with Crippen LogP contribution in [0.2, 0.25) is 0 Å². The summed E-state index contributed by atoms with van der Waals surface area (Å²) in [6.07, 6.45) is 2.23. The van der Waals surface area contributed by atoms with E-state index in [9.17, 15) is 9.59 Å². The van der Waals surface area contributed by atoms with Crippen LogP contribution >= 0.6 is 0 Å². The number of nitrogens with zero attached hydrogens (tertiary/aromatic N) is 2. The highest BCUT2D eigenvalue weighted by atomic mass is 16.2. The van der Waals surface area contributed by atoms with Gasteiger partial charge in [-0.2, -0.15) is 5.10 Å². The minimum atomic E-state index is -0.254. The Morgan fingerprint density at radius 3 is 2.33 bits per heavy atom. The number of hydrogen-bond acceptors (Lipinski definition) is 3. The molecule has 0 bridgehead atoms. The van der Waals surface area contributed by atoms with Crippen molar-refractivity contribution >= 4 is 17.5 Å². The summed E-state index contributed by atoms with van der Waals surface area (Å²) >= 11 is 0. The lowest BCUT2D eigenvalue weighted by atomic mass is 10.0. The molecule has 0 radical (unpaired) electrons. The fraction of sp³-hybridized carbons (Fsp3) is 0.148. The van der Waals surface area contributed by atoms with Gasteiger partial charge >= 0.3 is 0 Å². The first-order valence-electron chi connectivity index (χ1n) is 10.8. The monoisotopic (exact) mass is 438 g/mol. The number of rotatable bonds is 7. The molecule has 4 rings (SSSR count). The zero-order chi connectivity index (χ0) is 23.2. The largest absolute Gasteiger partial charge is 0.345 e. The van der Waals surface area contributed by atoms with Crippen LogP contribution in [0.15, 0.2) is 91.1 Å². The van der Waals surface area contributed by atoms with Gasteiger partial charge in [0.05, 0.1) is 23.5 Å². The summed E-state index contributed by atoms with van der Waals surface area (Å²) in [7, 11) is 1.84. The van der Waals surface area contributed by atoms with E-state index in [0.717, 1.165) is 16.8 Å². The van der Waals surface area contributed by atoms with Crippen LogP contribution in [0, 0.1) is 0 Å². The van der Waals surface area contributed by atoms with Crippen LogP contribution in [-0.4, -0.2) is 21.6 Å². The molecule has 0 saturated carbocycles. The second kappa shape index (κ2) is 9.96. The predicted molar refractivity (Wildman–Crippen MR) is 129 cm³/mol. The molecule has 3 aromatic carbocycles. The average Bonchev–Trinajstić information content (AvgIpc) is 3.20. The first-order valence-corrected chi connectivity index (χ1v) is 10.8. The van der Waals surface area contributed by atoms with Crippen LogP contribution in [0.25, 0.3) is 0 Å². The second-order valence-corrected chi connectivity index (χ2v) is 7.93. The number of aryl methyl sites for hydroxylation is 1. The van der Waals surface area contributed by atoms with Crippen molar-refractivity contribution in [3.63, 3.8) is 0 Å². The zero-order valence-corrected chi connectivity index (χ0v) is 18.7. The van der Waals surface area contributed by atoms with E-state index in [1.807, 2.05) is 86.8 Å². The summed E-state index contributed by atoms with van der Waals surface area (Å²) in [6.45, 7) is 1.92. The molecule has 2 amide bonds. The summed E-state index contributed by atoms with van der Waals surface area (Å²) in [4.78, 5) is 25.5. The number of carbonyl (C=O) groups excluding carboxylic acids is 2. The van der Waals surface area contributed by atoms with Gasteiger partial charge in [0.25, 0.3) is 11.8 Å². The van der Waals surface area contributed by atoms with Gasteiger partial charge in [0.2, 0.25) is 0 Å². The topological polar surface area (TPSA) is 76.0 Å². The molecule has 0 fully saturated rings. The Morgan fingerprint density at radius 1 is 0.909 bits per heavy atom. The van der Waals surface area contributed by atoms with Crippen molar-refractivity contribution < 1.29 is 9.59 Å². The van der Waals surface area contributed by atoms with Gasteiger partial charge in [-0.25, -0.2) is 0 Å². The average molecular weight is 439 g/mol. The Labute approximate surface area is 193 Å². The normalized spacial score (nSPS) is 11.6. The molecule has 0 aliphatic heterocycles. The van der Waals surface area contributed by atoms with Crippen molar-refractivity contribution in [1.82, 2.24) is 15.1 Å². The Bertz CT molecular complexity index is 1250. The van der Waals surface area contributed by atoms with E-state index >= 15 is 0 Å². The van der Waals surface area contributed by atoms with Crippen molar-refractivity contribution in [3.8, 4) is 0 Å². The molecular weight excluding hydrogens is 412 g/mol. The smallest absolute Gasteiger partial charge is 0.255 e. The zero-order valence-electron chi connectivity index (χ0n) is 18.7. The molecule has 0 aliphatic rings. The molecular formula is C27H26N4O2. The molecule has 1 atom stereocenters. The molecule has 4 aromatic rings. The van der Waals surface area contributed by atoms with Gasteiger partial charge in [0.15, 0.2) is 0 Å². The van der Waals surface area contributed by atoms with Crippen molar-refractivity contribution in [3.05, 3.63) is 119 Å². The number of nitrogens with one attached hydrogen (secondary N) is 2. The van der Waals surface area contributed by atoms with Gasteiger partial charge in [-0.3, -0.25) is 14.3 Å². The van der Waals surface area contributed by atoms with Crippen LogP contribution in [0.3, 0.4) is 0 Å². The summed E-state index contributed by atoms with van der Waals surface area (Å²) in [5.74, 6) is -0.356. The van der Waals surface area contributed by atoms with Crippen LogP contribution in [-0.2, 0) is 13.5 Å². The van der Waals surface area contributed by atoms with E-state index in [-0.39, 0.29) is 17.9 Å². The molecule has 0 spiro atoms. The highest BCUT2D eigenvalue weighted by Crippen LogP contribution is 2.20. The molecule has 33 heavy (non-hydrogen) atoms. The van der Waals surface area contributed by atoms with E-state index in [2.05, 4.69) is 15.7 Å². The quantitative estimate of drug-likeness (QED) is 0.437. The van der Waals surface area contributed by atoms with Gasteiger partial charge < -0.3 is 10.6 Å². The molecule has 0 aliphatic carbocycles. The van der Waals surface area contributed by atoms with Gasteiger partial charge in [0.1, 0.15) is 0 Å². The summed E-state index contributed by atoms with van der Waals surface area (Å²) < 4.78 is 1.74. The summed E-state index contributed by atoms with van der Waals surface area (Å²) in [6, 6.07) is 26.3.